The van der Waals surface area contributed by atoms with E-state index in [1.165, 1.54) is 24.5 Å². The fourth-order valence-corrected chi connectivity index (χ4v) is 1.69. The maximum Gasteiger partial charge on any atom is 0.358 e. The highest BCUT2D eigenvalue weighted by molar-refractivity contribution is 5.97. The van der Waals surface area contributed by atoms with Crippen molar-refractivity contribution in [2.24, 2.45) is 0 Å². The summed E-state index contributed by atoms with van der Waals surface area (Å²) in [7, 11) is 0. The molecular formula is C14H12FN3O3. The molecule has 1 aromatic carbocycles. The van der Waals surface area contributed by atoms with Crippen molar-refractivity contribution >= 4 is 17.7 Å². The highest BCUT2D eigenvalue weighted by Crippen LogP contribution is 2.10. The first-order chi connectivity index (χ1) is 10.1. The van der Waals surface area contributed by atoms with Crippen molar-refractivity contribution < 1.29 is 19.1 Å². The molecule has 0 saturated heterocycles. The van der Waals surface area contributed by atoms with Gasteiger partial charge < -0.3 is 10.4 Å². The average molecular weight is 289 g/mol. The number of hydrogen-bond acceptors (Lipinski definition) is 4. The summed E-state index contributed by atoms with van der Waals surface area (Å²) in [5.41, 5.74) is 0.497. The van der Waals surface area contributed by atoms with Crippen LogP contribution in [0.25, 0.3) is 0 Å². The molecule has 1 amide bonds. The fourth-order valence-electron chi connectivity index (χ4n) is 1.69. The molecule has 0 spiro atoms. The van der Waals surface area contributed by atoms with Crippen LogP contribution >= 0.6 is 0 Å². The van der Waals surface area contributed by atoms with Gasteiger partial charge in [-0.3, -0.25) is 4.79 Å². The molecule has 0 bridgehead atoms. The van der Waals surface area contributed by atoms with Crippen molar-refractivity contribution in [3.63, 3.8) is 0 Å². The lowest BCUT2D eigenvalue weighted by molar-refractivity contribution is -0.116. The summed E-state index contributed by atoms with van der Waals surface area (Å²) in [5.74, 6) is -2.08. The van der Waals surface area contributed by atoms with Gasteiger partial charge in [0.2, 0.25) is 5.91 Å². The van der Waals surface area contributed by atoms with Crippen LogP contribution in [-0.4, -0.2) is 27.0 Å². The number of hydrogen-bond donors (Lipinski definition) is 2. The third kappa shape index (κ3) is 4.07. The Kier molecular flexibility index (Phi) is 4.55. The van der Waals surface area contributed by atoms with Crippen LogP contribution in [0.1, 0.15) is 22.5 Å². The van der Waals surface area contributed by atoms with Crippen molar-refractivity contribution in [2.75, 3.05) is 5.32 Å². The van der Waals surface area contributed by atoms with E-state index in [0.717, 1.165) is 5.56 Å². The van der Waals surface area contributed by atoms with Crippen LogP contribution in [0.5, 0.6) is 0 Å². The lowest BCUT2D eigenvalue weighted by Gasteiger charge is -2.06. The van der Waals surface area contributed by atoms with Gasteiger partial charge in [0.1, 0.15) is 5.82 Å². The molecule has 0 saturated carbocycles. The Balaban J connectivity index is 1.96. The van der Waals surface area contributed by atoms with E-state index < -0.39 is 5.97 Å². The molecule has 108 valence electrons. The third-order valence-corrected chi connectivity index (χ3v) is 2.71. The second-order valence-electron chi connectivity index (χ2n) is 4.23. The zero-order valence-electron chi connectivity index (χ0n) is 10.9. The number of nitrogens with one attached hydrogen (secondary N) is 1. The van der Waals surface area contributed by atoms with Gasteiger partial charge >= 0.3 is 5.97 Å². The van der Waals surface area contributed by atoms with E-state index in [2.05, 4.69) is 15.3 Å². The van der Waals surface area contributed by atoms with Gasteiger partial charge in [-0.25, -0.2) is 19.2 Å². The van der Waals surface area contributed by atoms with Gasteiger partial charge in [-0.15, -0.1) is 0 Å². The van der Waals surface area contributed by atoms with E-state index in [1.54, 1.807) is 12.1 Å². The van der Waals surface area contributed by atoms with Crippen molar-refractivity contribution in [1.82, 2.24) is 9.97 Å². The van der Waals surface area contributed by atoms with Gasteiger partial charge in [-0.1, -0.05) is 12.1 Å². The number of aromatic carboxylic acids is 1. The summed E-state index contributed by atoms with van der Waals surface area (Å²) in [4.78, 5) is 30.1. The predicted molar refractivity (Wildman–Crippen MR) is 72.3 cm³/mol. The summed E-state index contributed by atoms with van der Waals surface area (Å²) in [5, 5.41) is 11.3. The number of carbonyl (C=O) groups is 2. The number of aromatic nitrogens is 2. The van der Waals surface area contributed by atoms with Crippen LogP contribution in [0.15, 0.2) is 36.7 Å². The Bertz CT molecular complexity index is 659. The van der Waals surface area contributed by atoms with E-state index in [1.807, 2.05) is 0 Å². The van der Waals surface area contributed by atoms with E-state index in [9.17, 15) is 14.0 Å². The van der Waals surface area contributed by atoms with Crippen molar-refractivity contribution in [2.45, 2.75) is 12.8 Å². The van der Waals surface area contributed by atoms with E-state index >= 15 is 0 Å². The van der Waals surface area contributed by atoms with Crippen molar-refractivity contribution in [3.05, 3.63) is 53.7 Å². The van der Waals surface area contributed by atoms with Gasteiger partial charge in [0.15, 0.2) is 11.5 Å². The monoisotopic (exact) mass is 289 g/mol. The first-order valence-corrected chi connectivity index (χ1v) is 6.15. The average Bonchev–Trinajstić information content (AvgIpc) is 2.47. The molecule has 0 aliphatic carbocycles. The smallest absolute Gasteiger partial charge is 0.358 e. The molecule has 2 aromatic rings. The zero-order chi connectivity index (χ0) is 15.2. The minimum atomic E-state index is -1.27. The number of benzene rings is 1. The Morgan fingerprint density at radius 2 is 1.81 bits per heavy atom. The number of amides is 1. The maximum atomic E-state index is 12.7. The maximum absolute atomic E-state index is 12.7. The highest BCUT2D eigenvalue weighted by atomic mass is 19.1. The molecule has 21 heavy (non-hydrogen) atoms. The Hall–Kier alpha value is -2.83. The number of carbonyl (C=O) groups excluding carboxylic acids is 1. The van der Waals surface area contributed by atoms with Crippen LogP contribution in [0.3, 0.4) is 0 Å². The van der Waals surface area contributed by atoms with Crippen LogP contribution in [-0.2, 0) is 11.2 Å². The van der Waals surface area contributed by atoms with Crippen LogP contribution in [0.2, 0.25) is 0 Å². The molecule has 2 rings (SSSR count). The molecule has 0 fully saturated rings. The Labute approximate surface area is 119 Å². The topological polar surface area (TPSA) is 92.2 Å². The fraction of sp³-hybridized carbons (Fsp3) is 0.143. The van der Waals surface area contributed by atoms with Crippen LogP contribution in [0, 0.1) is 5.82 Å². The standard InChI is InChI=1S/C14H12FN3O3/c15-10-4-1-9(2-5-10)3-6-11(19)18-13-12(14(20)21)16-7-8-17-13/h1-2,4-5,7-8H,3,6H2,(H,20,21)(H,17,18,19). The minimum absolute atomic E-state index is 0.0888. The van der Waals surface area contributed by atoms with Gasteiger partial charge in [0, 0.05) is 18.8 Å². The predicted octanol–water partition coefficient (Wildman–Crippen LogP) is 1.89. The van der Waals surface area contributed by atoms with E-state index in [-0.39, 0.29) is 29.7 Å². The molecular weight excluding hydrogens is 277 g/mol. The first kappa shape index (κ1) is 14.6. The number of carboxylic acid groups (broad SMARTS) is 1. The molecule has 6 nitrogen and oxygen atoms in total. The second kappa shape index (κ2) is 6.56. The normalized spacial score (nSPS) is 10.1. The number of nitrogens with zero attached hydrogens (tertiary/aromatic N) is 2. The third-order valence-electron chi connectivity index (χ3n) is 2.71. The number of anilines is 1. The number of rotatable bonds is 5. The molecule has 0 aliphatic heterocycles. The second-order valence-corrected chi connectivity index (χ2v) is 4.23. The van der Waals surface area contributed by atoms with Gasteiger partial charge in [-0.05, 0) is 24.1 Å². The van der Waals surface area contributed by atoms with Gasteiger partial charge in [-0.2, -0.15) is 0 Å². The Morgan fingerprint density at radius 3 is 2.48 bits per heavy atom. The number of aryl methyl sites for hydroxylation is 1. The lowest BCUT2D eigenvalue weighted by atomic mass is 10.1. The van der Waals surface area contributed by atoms with Crippen molar-refractivity contribution in [3.8, 4) is 0 Å². The summed E-state index contributed by atoms with van der Waals surface area (Å²) in [6.45, 7) is 0. The van der Waals surface area contributed by atoms with Crippen molar-refractivity contribution in [1.29, 1.82) is 0 Å². The molecule has 7 heteroatoms. The Morgan fingerprint density at radius 1 is 1.14 bits per heavy atom. The molecule has 1 aromatic heterocycles. The SMILES string of the molecule is O=C(CCc1ccc(F)cc1)Nc1nccnc1C(=O)O. The van der Waals surface area contributed by atoms with Crippen LogP contribution in [0.4, 0.5) is 10.2 Å². The van der Waals surface area contributed by atoms with Crippen LogP contribution < -0.4 is 5.32 Å². The summed E-state index contributed by atoms with van der Waals surface area (Å²) >= 11 is 0. The summed E-state index contributed by atoms with van der Waals surface area (Å²) in [6.07, 6.45) is 3.07. The molecule has 1 heterocycles. The minimum Gasteiger partial charge on any atom is -0.476 e. The zero-order valence-corrected chi connectivity index (χ0v) is 10.9. The molecule has 0 unspecified atom stereocenters. The van der Waals surface area contributed by atoms with E-state index in [4.69, 9.17) is 5.11 Å². The summed E-state index contributed by atoms with van der Waals surface area (Å²) in [6, 6.07) is 5.82. The van der Waals surface area contributed by atoms with Gasteiger partial charge in [0.05, 0.1) is 0 Å². The molecule has 0 atom stereocenters. The highest BCUT2D eigenvalue weighted by Gasteiger charge is 2.14. The first-order valence-electron chi connectivity index (χ1n) is 6.15. The lowest BCUT2D eigenvalue weighted by Crippen LogP contribution is -2.17. The number of halogens is 1. The molecule has 2 N–H and O–H groups in total. The molecule has 0 aliphatic rings. The molecule has 0 radical (unpaired) electrons. The quantitative estimate of drug-likeness (QED) is 0.876. The van der Waals surface area contributed by atoms with Gasteiger partial charge in [0.25, 0.3) is 0 Å². The largest absolute Gasteiger partial charge is 0.476 e. The number of carboxylic acids is 1. The van der Waals surface area contributed by atoms with E-state index in [0.29, 0.717) is 6.42 Å². The summed E-state index contributed by atoms with van der Waals surface area (Å²) < 4.78 is 12.7.